The number of halogens is 1. The number of aryl methyl sites for hydroxylation is 1. The first-order valence-corrected chi connectivity index (χ1v) is 20.6. The van der Waals surface area contributed by atoms with Crippen LogP contribution in [0.5, 0.6) is 5.75 Å². The normalized spacial score (nSPS) is 14.3. The molecular formula is C42H48BBrN4O9S. The van der Waals surface area contributed by atoms with E-state index in [9.17, 15) is 29.2 Å². The van der Waals surface area contributed by atoms with E-state index < -0.39 is 42.6 Å². The van der Waals surface area contributed by atoms with Crippen molar-refractivity contribution in [3.8, 4) is 5.75 Å². The third-order valence-corrected chi connectivity index (χ3v) is 10.6. The molecule has 4 aromatic rings. The molecule has 2 aromatic heterocycles. The van der Waals surface area contributed by atoms with Crippen LogP contribution >= 0.6 is 27.3 Å². The Balaban J connectivity index is 1.19. The topological polar surface area (TPSA) is 177 Å². The third kappa shape index (κ3) is 13.0. The number of allylic oxidation sites excluding steroid dienone is 3. The highest BCUT2D eigenvalue weighted by Crippen LogP contribution is 2.35. The average molecular weight is 876 g/mol. The fraction of sp³-hybridized carbons (Fsp3) is 0.357. The molecule has 4 N–H and O–H groups in total. The molecule has 1 aliphatic carbocycles. The third-order valence-electron chi connectivity index (χ3n) is 9.06. The molecule has 0 saturated carbocycles. The Morgan fingerprint density at radius 2 is 1.84 bits per heavy atom. The maximum absolute atomic E-state index is 13.5. The highest BCUT2D eigenvalue weighted by Gasteiger charge is 2.28. The van der Waals surface area contributed by atoms with Crippen molar-refractivity contribution in [2.24, 2.45) is 5.92 Å². The molecule has 306 valence electrons. The van der Waals surface area contributed by atoms with E-state index in [0.717, 1.165) is 15.6 Å². The molecule has 2 aromatic carbocycles. The number of esters is 1. The van der Waals surface area contributed by atoms with Gasteiger partial charge in [0.1, 0.15) is 30.4 Å². The molecule has 0 aliphatic heterocycles. The Morgan fingerprint density at radius 1 is 1.07 bits per heavy atom. The Labute approximate surface area is 350 Å². The van der Waals surface area contributed by atoms with Crippen LogP contribution in [-0.4, -0.2) is 70.8 Å². The number of thiophene rings is 1. The van der Waals surface area contributed by atoms with Gasteiger partial charge in [-0.1, -0.05) is 70.6 Å². The largest absolute Gasteiger partial charge is 0.489 e. The van der Waals surface area contributed by atoms with E-state index in [4.69, 9.17) is 14.2 Å². The quantitative estimate of drug-likeness (QED) is 0.0730. The molecule has 3 amide bonds. The summed E-state index contributed by atoms with van der Waals surface area (Å²) in [7, 11) is -1.76. The smallest absolute Gasteiger partial charge is 0.487 e. The number of pyridine rings is 1. The zero-order chi connectivity index (χ0) is 41.8. The number of aromatic nitrogens is 1. The lowest BCUT2D eigenvalue weighted by atomic mass is 9.77. The second kappa shape index (κ2) is 20.6. The van der Waals surface area contributed by atoms with Crippen molar-refractivity contribution in [2.45, 2.75) is 78.2 Å². The minimum absolute atomic E-state index is 0.0294. The van der Waals surface area contributed by atoms with Gasteiger partial charge in [0.05, 0.1) is 17.7 Å². The summed E-state index contributed by atoms with van der Waals surface area (Å²) >= 11 is 4.83. The predicted octanol–water partition coefficient (Wildman–Crippen LogP) is 5.97. The van der Waals surface area contributed by atoms with Crippen molar-refractivity contribution in [2.75, 3.05) is 18.0 Å². The molecule has 2 heterocycles. The molecule has 0 spiro atoms. The van der Waals surface area contributed by atoms with Crippen LogP contribution in [0.2, 0.25) is 0 Å². The van der Waals surface area contributed by atoms with Gasteiger partial charge < -0.3 is 34.9 Å². The van der Waals surface area contributed by atoms with Gasteiger partial charge in [-0.05, 0) is 86.1 Å². The fourth-order valence-corrected chi connectivity index (χ4v) is 7.51. The summed E-state index contributed by atoms with van der Waals surface area (Å²) in [6, 6.07) is 15.8. The first-order chi connectivity index (χ1) is 27.7. The standard InChI is InChI=1S/C42H48BBrN4O9S/c1-27-16-18-45-35(21-27)48(41(52)57-42(2,3)4)19-8-11-36(49)46-24-37(50)47-34(29-12-14-31(44)15-13-29)23-38(51)55-26-30-22-33(43(53)54)32-17-20-58-40(32)39(30)56-25-28-9-6-5-7-10-28/h5-7,9-10,12,14-18,20-22,29,34,53-54H,8,11,13,19,23-26H2,1-4H3,(H,46,49)(H,47,50)/t29?,34-/m0/s1. The molecule has 5 rings (SSSR count). The molecule has 1 aliphatic rings. The Morgan fingerprint density at radius 3 is 2.53 bits per heavy atom. The minimum Gasteiger partial charge on any atom is -0.487 e. The fourth-order valence-electron chi connectivity index (χ4n) is 6.22. The highest BCUT2D eigenvalue weighted by molar-refractivity contribution is 9.11. The minimum atomic E-state index is -1.76. The summed E-state index contributed by atoms with van der Waals surface area (Å²) in [5.74, 6) is -0.843. The van der Waals surface area contributed by atoms with E-state index in [0.29, 0.717) is 33.6 Å². The Kier molecular flexibility index (Phi) is 15.7. The number of hydrogen-bond donors (Lipinski definition) is 4. The molecule has 0 bridgehead atoms. The summed E-state index contributed by atoms with van der Waals surface area (Å²) in [5.41, 5.74) is 1.83. The van der Waals surface area contributed by atoms with Crippen molar-refractivity contribution in [3.63, 3.8) is 0 Å². The van der Waals surface area contributed by atoms with Crippen LogP contribution in [0, 0.1) is 12.8 Å². The van der Waals surface area contributed by atoms with Crippen LogP contribution in [0.25, 0.3) is 10.1 Å². The number of nitrogens with one attached hydrogen (secondary N) is 2. The van der Waals surface area contributed by atoms with Crippen molar-refractivity contribution in [3.05, 3.63) is 106 Å². The molecule has 58 heavy (non-hydrogen) atoms. The summed E-state index contributed by atoms with van der Waals surface area (Å²) in [6.45, 7) is 7.05. The number of anilines is 1. The van der Waals surface area contributed by atoms with Crippen LogP contribution in [0.1, 0.15) is 63.1 Å². The van der Waals surface area contributed by atoms with Gasteiger partial charge in [0.15, 0.2) is 0 Å². The average Bonchev–Trinajstić information content (AvgIpc) is 3.67. The van der Waals surface area contributed by atoms with E-state index in [1.807, 2.05) is 66.9 Å². The van der Waals surface area contributed by atoms with E-state index in [1.54, 1.807) is 45.2 Å². The summed E-state index contributed by atoms with van der Waals surface area (Å²) in [5, 5.41) is 28.3. The van der Waals surface area contributed by atoms with Gasteiger partial charge in [-0.2, -0.15) is 0 Å². The number of carbonyl (C=O) groups excluding carboxylic acids is 4. The van der Waals surface area contributed by atoms with E-state index in [-0.39, 0.29) is 56.9 Å². The number of ether oxygens (including phenoxy) is 3. The molecule has 0 radical (unpaired) electrons. The lowest BCUT2D eigenvalue weighted by molar-refractivity contribution is -0.146. The number of hydrogen-bond acceptors (Lipinski definition) is 11. The Hall–Kier alpha value is -5.03. The number of carbonyl (C=O) groups is 4. The number of amides is 3. The number of benzene rings is 2. The SMILES string of the molecule is Cc1ccnc(N(CCCC(=O)NCC(=O)N[C@@H](CC(=O)OCc2cc(B(O)O)c3ccsc3c2OCc2ccccc2)C2C=CC(Br)=CC2)C(=O)OC(C)(C)C)c1. The zero-order valence-electron chi connectivity index (χ0n) is 32.9. The molecular weight excluding hydrogens is 827 g/mol. The second-order valence-electron chi connectivity index (χ2n) is 14.9. The summed E-state index contributed by atoms with van der Waals surface area (Å²) in [4.78, 5) is 58.2. The van der Waals surface area contributed by atoms with Crippen molar-refractivity contribution < 1.29 is 43.4 Å². The maximum Gasteiger partial charge on any atom is 0.489 e. The van der Waals surface area contributed by atoms with E-state index in [1.165, 1.54) is 16.2 Å². The van der Waals surface area contributed by atoms with Crippen LogP contribution < -0.4 is 25.7 Å². The summed E-state index contributed by atoms with van der Waals surface area (Å²) in [6.07, 6.45) is 7.38. The molecule has 16 heteroatoms. The van der Waals surface area contributed by atoms with Gasteiger partial charge >= 0.3 is 19.2 Å². The van der Waals surface area contributed by atoms with Gasteiger partial charge in [0, 0.05) is 41.2 Å². The molecule has 1 unspecified atom stereocenters. The lowest BCUT2D eigenvalue weighted by Crippen LogP contribution is -2.46. The Bertz CT molecular complexity index is 2140. The lowest BCUT2D eigenvalue weighted by Gasteiger charge is -2.27. The van der Waals surface area contributed by atoms with Crippen molar-refractivity contribution in [1.29, 1.82) is 0 Å². The first kappa shape index (κ1) is 44.1. The summed E-state index contributed by atoms with van der Waals surface area (Å²) < 4.78 is 19.1. The number of rotatable bonds is 17. The molecule has 13 nitrogen and oxygen atoms in total. The number of fused-ring (bicyclic) bond motifs is 1. The van der Waals surface area contributed by atoms with E-state index in [2.05, 4.69) is 31.5 Å². The molecule has 2 atom stereocenters. The second-order valence-corrected chi connectivity index (χ2v) is 16.7. The van der Waals surface area contributed by atoms with Gasteiger partial charge in [-0.25, -0.2) is 9.78 Å². The van der Waals surface area contributed by atoms with Gasteiger partial charge in [-0.3, -0.25) is 19.3 Å². The van der Waals surface area contributed by atoms with Crippen molar-refractivity contribution >= 4 is 79.6 Å². The molecule has 0 fully saturated rings. The molecule has 0 saturated heterocycles. The van der Waals surface area contributed by atoms with Gasteiger partial charge in [-0.15, -0.1) is 11.3 Å². The van der Waals surface area contributed by atoms with Crippen molar-refractivity contribution in [1.82, 2.24) is 15.6 Å². The zero-order valence-corrected chi connectivity index (χ0v) is 35.3. The maximum atomic E-state index is 13.5. The predicted molar refractivity (Wildman–Crippen MR) is 228 cm³/mol. The van der Waals surface area contributed by atoms with Crippen LogP contribution in [0.15, 0.2) is 88.9 Å². The van der Waals surface area contributed by atoms with E-state index >= 15 is 0 Å². The number of nitrogens with zero attached hydrogens (tertiary/aromatic N) is 2. The van der Waals surface area contributed by atoms with Gasteiger partial charge in [0.25, 0.3) is 0 Å². The van der Waals surface area contributed by atoms with Gasteiger partial charge in [0.2, 0.25) is 11.8 Å². The highest BCUT2D eigenvalue weighted by atomic mass is 79.9. The van der Waals surface area contributed by atoms with Crippen LogP contribution in [0.3, 0.4) is 0 Å². The first-order valence-electron chi connectivity index (χ1n) is 18.9. The monoisotopic (exact) mass is 874 g/mol. The van der Waals surface area contributed by atoms with Crippen LogP contribution in [0.4, 0.5) is 10.6 Å². The van der Waals surface area contributed by atoms with Crippen LogP contribution in [-0.2, 0) is 37.1 Å².